The van der Waals surface area contributed by atoms with Crippen LogP contribution < -0.4 is 18.9 Å². The molecule has 0 spiro atoms. The van der Waals surface area contributed by atoms with Crippen LogP contribution in [0.3, 0.4) is 0 Å². The molecule has 0 amide bonds. The van der Waals surface area contributed by atoms with Gasteiger partial charge in [0.15, 0.2) is 0 Å². The molecule has 0 unspecified atom stereocenters. The van der Waals surface area contributed by atoms with E-state index >= 15 is 0 Å². The number of benzene rings is 2. The van der Waals surface area contributed by atoms with Gasteiger partial charge in [-0.25, -0.2) is 0 Å². The van der Waals surface area contributed by atoms with E-state index in [1.165, 1.54) is 14.2 Å². The monoisotopic (exact) mass is 371 g/mol. The summed E-state index contributed by atoms with van der Waals surface area (Å²) in [5, 5.41) is 0. The second-order valence-corrected chi connectivity index (χ2v) is 6.09. The second-order valence-electron chi connectivity index (χ2n) is 4.94. The third kappa shape index (κ3) is 4.54. The molecular formula is C18H17N3O4S. The highest BCUT2D eigenvalue weighted by Gasteiger charge is 2.09. The molecule has 0 aliphatic heterocycles. The van der Waals surface area contributed by atoms with Crippen LogP contribution in [0.4, 0.5) is 0 Å². The molecule has 3 aromatic rings. The van der Waals surface area contributed by atoms with Crippen LogP contribution in [0.15, 0.2) is 58.3 Å². The van der Waals surface area contributed by atoms with E-state index in [-0.39, 0.29) is 18.0 Å². The molecule has 7 nitrogen and oxygen atoms in total. The standard InChI is InChI=1S/C18H17N3O4S/c1-22-12-4-8-14(9-5-12)26-15-10-6-13(7-11-15)25-18-20-16(23-2)19-17(21-18)24-3/h4-11H,1-3H3. The number of aromatic nitrogens is 3. The molecular weight excluding hydrogens is 354 g/mol. The Morgan fingerprint density at radius 1 is 0.577 bits per heavy atom. The molecule has 0 fully saturated rings. The van der Waals surface area contributed by atoms with E-state index < -0.39 is 0 Å². The summed E-state index contributed by atoms with van der Waals surface area (Å²) in [6, 6.07) is 15.8. The summed E-state index contributed by atoms with van der Waals surface area (Å²) in [4.78, 5) is 14.2. The molecule has 0 radical (unpaired) electrons. The highest BCUT2D eigenvalue weighted by Crippen LogP contribution is 2.31. The number of hydrogen-bond donors (Lipinski definition) is 0. The first-order chi connectivity index (χ1) is 12.7. The van der Waals surface area contributed by atoms with Crippen LogP contribution in [0.1, 0.15) is 0 Å². The van der Waals surface area contributed by atoms with Crippen molar-refractivity contribution in [2.24, 2.45) is 0 Å². The molecule has 0 saturated heterocycles. The molecule has 8 heteroatoms. The van der Waals surface area contributed by atoms with Crippen molar-refractivity contribution in [1.29, 1.82) is 0 Å². The normalized spacial score (nSPS) is 10.3. The van der Waals surface area contributed by atoms with Gasteiger partial charge >= 0.3 is 18.0 Å². The average Bonchev–Trinajstić information content (AvgIpc) is 2.69. The summed E-state index contributed by atoms with van der Waals surface area (Å²) in [6.07, 6.45) is 0. The lowest BCUT2D eigenvalue weighted by Crippen LogP contribution is -2.01. The predicted molar refractivity (Wildman–Crippen MR) is 96.6 cm³/mol. The largest absolute Gasteiger partial charge is 0.497 e. The summed E-state index contributed by atoms with van der Waals surface area (Å²) in [6.45, 7) is 0. The first kappa shape index (κ1) is 17.8. The molecule has 3 rings (SSSR count). The van der Waals surface area contributed by atoms with Crippen LogP contribution in [0, 0.1) is 0 Å². The highest BCUT2D eigenvalue weighted by molar-refractivity contribution is 7.99. The number of ether oxygens (including phenoxy) is 4. The molecule has 26 heavy (non-hydrogen) atoms. The van der Waals surface area contributed by atoms with E-state index in [0.717, 1.165) is 15.5 Å². The fourth-order valence-electron chi connectivity index (χ4n) is 2.01. The second kappa shape index (κ2) is 8.39. The zero-order valence-electron chi connectivity index (χ0n) is 14.5. The highest BCUT2D eigenvalue weighted by atomic mass is 32.2. The summed E-state index contributed by atoms with van der Waals surface area (Å²) in [5.74, 6) is 1.43. The molecule has 1 aromatic heterocycles. The molecule has 0 atom stereocenters. The minimum absolute atomic E-state index is 0.101. The average molecular weight is 371 g/mol. The quantitative estimate of drug-likeness (QED) is 0.620. The van der Waals surface area contributed by atoms with Gasteiger partial charge in [0.1, 0.15) is 11.5 Å². The van der Waals surface area contributed by atoms with Gasteiger partial charge in [0.25, 0.3) is 0 Å². The molecule has 0 aliphatic rings. The van der Waals surface area contributed by atoms with Crippen LogP contribution in [0.25, 0.3) is 0 Å². The third-order valence-electron chi connectivity index (χ3n) is 3.27. The van der Waals surface area contributed by atoms with Crippen LogP contribution in [0.2, 0.25) is 0 Å². The first-order valence-corrected chi connectivity index (χ1v) is 8.45. The maximum Gasteiger partial charge on any atom is 0.331 e. The minimum Gasteiger partial charge on any atom is -0.497 e. The van der Waals surface area contributed by atoms with Crippen LogP contribution in [-0.4, -0.2) is 36.3 Å². The van der Waals surface area contributed by atoms with Gasteiger partial charge in [-0.3, -0.25) is 0 Å². The number of hydrogen-bond acceptors (Lipinski definition) is 8. The SMILES string of the molecule is COc1ccc(Sc2ccc(Oc3nc(OC)nc(OC)n3)cc2)cc1. The summed E-state index contributed by atoms with van der Waals surface area (Å²) in [7, 11) is 4.58. The number of nitrogens with zero attached hydrogens (tertiary/aromatic N) is 3. The lowest BCUT2D eigenvalue weighted by Gasteiger charge is -2.07. The van der Waals surface area contributed by atoms with Crippen LogP contribution in [0.5, 0.6) is 29.5 Å². The number of rotatable bonds is 7. The van der Waals surface area contributed by atoms with E-state index in [1.54, 1.807) is 18.9 Å². The van der Waals surface area contributed by atoms with Crippen molar-refractivity contribution in [2.75, 3.05) is 21.3 Å². The Morgan fingerprint density at radius 2 is 1.04 bits per heavy atom. The van der Waals surface area contributed by atoms with E-state index in [9.17, 15) is 0 Å². The third-order valence-corrected chi connectivity index (χ3v) is 4.28. The summed E-state index contributed by atoms with van der Waals surface area (Å²) < 4.78 is 20.8. The lowest BCUT2D eigenvalue weighted by molar-refractivity contribution is 0.320. The fourth-order valence-corrected chi connectivity index (χ4v) is 2.83. The zero-order chi connectivity index (χ0) is 18.4. The molecule has 0 N–H and O–H groups in total. The first-order valence-electron chi connectivity index (χ1n) is 7.64. The van der Waals surface area contributed by atoms with Crippen molar-refractivity contribution in [1.82, 2.24) is 15.0 Å². The Kier molecular flexibility index (Phi) is 5.75. The smallest absolute Gasteiger partial charge is 0.331 e. The Bertz CT molecular complexity index is 835. The van der Waals surface area contributed by atoms with E-state index in [0.29, 0.717) is 5.75 Å². The van der Waals surface area contributed by atoms with Gasteiger partial charge in [-0.05, 0) is 48.5 Å². The minimum atomic E-state index is 0.101. The topological polar surface area (TPSA) is 75.6 Å². The summed E-state index contributed by atoms with van der Waals surface area (Å²) in [5.41, 5.74) is 0. The van der Waals surface area contributed by atoms with Gasteiger partial charge < -0.3 is 18.9 Å². The Morgan fingerprint density at radius 3 is 1.50 bits per heavy atom. The Labute approximate surface area is 155 Å². The zero-order valence-corrected chi connectivity index (χ0v) is 15.3. The van der Waals surface area contributed by atoms with Crippen molar-refractivity contribution < 1.29 is 18.9 Å². The Balaban J connectivity index is 1.69. The van der Waals surface area contributed by atoms with E-state index in [1.807, 2.05) is 48.5 Å². The maximum atomic E-state index is 5.65. The van der Waals surface area contributed by atoms with Gasteiger partial charge in [-0.15, -0.1) is 15.0 Å². The van der Waals surface area contributed by atoms with E-state index in [2.05, 4.69) is 15.0 Å². The van der Waals surface area contributed by atoms with Crippen molar-refractivity contribution in [3.63, 3.8) is 0 Å². The van der Waals surface area contributed by atoms with Gasteiger partial charge in [0.2, 0.25) is 0 Å². The molecule has 0 aliphatic carbocycles. The molecule has 1 heterocycles. The van der Waals surface area contributed by atoms with Gasteiger partial charge in [0, 0.05) is 9.79 Å². The van der Waals surface area contributed by atoms with Gasteiger partial charge in [-0.2, -0.15) is 0 Å². The van der Waals surface area contributed by atoms with Crippen LogP contribution >= 0.6 is 11.8 Å². The van der Waals surface area contributed by atoms with Gasteiger partial charge in [-0.1, -0.05) is 11.8 Å². The van der Waals surface area contributed by atoms with E-state index in [4.69, 9.17) is 18.9 Å². The molecule has 0 bridgehead atoms. The fraction of sp³-hybridized carbons (Fsp3) is 0.167. The molecule has 2 aromatic carbocycles. The predicted octanol–water partition coefficient (Wildman–Crippen LogP) is 3.84. The van der Waals surface area contributed by atoms with Crippen molar-refractivity contribution in [3.05, 3.63) is 48.5 Å². The maximum absolute atomic E-state index is 5.65. The van der Waals surface area contributed by atoms with Crippen molar-refractivity contribution in [2.45, 2.75) is 9.79 Å². The summed E-state index contributed by atoms with van der Waals surface area (Å²) >= 11 is 1.64. The lowest BCUT2D eigenvalue weighted by atomic mass is 10.3. The van der Waals surface area contributed by atoms with Crippen molar-refractivity contribution in [3.8, 4) is 29.5 Å². The van der Waals surface area contributed by atoms with Gasteiger partial charge in [0.05, 0.1) is 21.3 Å². The Hall–Kier alpha value is -3.00. The van der Waals surface area contributed by atoms with Crippen LogP contribution in [-0.2, 0) is 0 Å². The number of methoxy groups -OCH3 is 3. The molecule has 134 valence electrons. The molecule has 0 saturated carbocycles. The van der Waals surface area contributed by atoms with Crippen molar-refractivity contribution >= 4 is 11.8 Å².